The predicted molar refractivity (Wildman–Crippen MR) is 214 cm³/mol. The molecule has 3 aromatic carbocycles. The molecule has 3 aromatic rings. The average Bonchev–Trinajstić information content (AvgIpc) is 3.59. The molecule has 0 aliphatic carbocycles. The Morgan fingerprint density at radius 1 is 0.440 bits per heavy atom. The van der Waals surface area contributed by atoms with Crippen LogP contribution in [0.5, 0.6) is 11.5 Å². The fraction of sp³-hybridized carbons (Fsp3) is 0.591. The molecule has 2 aliphatic rings. The normalized spacial score (nSPS) is 22.2. The lowest BCUT2D eigenvalue weighted by Crippen LogP contribution is -2.40. The van der Waals surface area contributed by atoms with Gasteiger partial charge in [-0.25, -0.2) is 0 Å². The van der Waals surface area contributed by atoms with Gasteiger partial charge in [0.15, 0.2) is 11.2 Å². The number of alkyl halides is 2. The molecule has 0 spiro atoms. The molecule has 0 radical (unpaired) electrons. The lowest BCUT2D eigenvalue weighted by atomic mass is 9.77. The average molecular weight is 813 g/mol. The topological polar surface area (TPSA) is 58.9 Å². The van der Waals surface area contributed by atoms with Crippen LogP contribution in [0.1, 0.15) is 151 Å². The molecule has 4 atom stereocenters. The van der Waals surface area contributed by atoms with E-state index in [1.165, 1.54) is 89.9 Å². The van der Waals surface area contributed by atoms with Gasteiger partial charge in [0.05, 0.1) is 0 Å². The monoisotopic (exact) mass is 810 g/mol. The molecule has 5 rings (SSSR count). The van der Waals surface area contributed by atoms with Crippen LogP contribution in [-0.2, 0) is 11.2 Å². The van der Waals surface area contributed by atoms with Crippen LogP contribution in [0.4, 0.5) is 0 Å². The van der Waals surface area contributed by atoms with Crippen molar-refractivity contribution in [3.8, 4) is 11.5 Å². The zero-order valence-electron chi connectivity index (χ0n) is 30.1. The highest BCUT2D eigenvalue weighted by Gasteiger charge is 2.54. The van der Waals surface area contributed by atoms with E-state index in [-0.39, 0.29) is 0 Å². The summed E-state index contributed by atoms with van der Waals surface area (Å²) in [6, 6.07) is 23.8. The summed E-state index contributed by atoms with van der Waals surface area (Å²) in [6.07, 6.45) is 23.0. The number of hydrogen-bond donors (Lipinski definition) is 2. The molecule has 50 heavy (non-hydrogen) atoms. The Morgan fingerprint density at radius 2 is 0.760 bits per heavy atom. The molecule has 0 saturated heterocycles. The third-order valence-electron chi connectivity index (χ3n) is 11.0. The molecule has 274 valence electrons. The first-order chi connectivity index (χ1) is 24.5. The minimum atomic E-state index is -1.31. The molecular weight excluding hydrogens is 752 g/mol. The Balaban J connectivity index is 1.27. The van der Waals surface area contributed by atoms with Gasteiger partial charge in [-0.15, -0.1) is 0 Å². The van der Waals surface area contributed by atoms with E-state index in [1.54, 1.807) is 0 Å². The number of fused-ring (bicyclic) bond motifs is 2. The molecule has 0 amide bonds. The molecule has 2 N–H and O–H groups in total. The van der Waals surface area contributed by atoms with E-state index in [0.717, 1.165) is 71.4 Å². The highest BCUT2D eigenvalue weighted by molar-refractivity contribution is 9.09. The number of halogens is 2. The minimum Gasteiger partial charge on any atom is -0.486 e. The van der Waals surface area contributed by atoms with Crippen molar-refractivity contribution in [2.45, 2.75) is 152 Å². The second kappa shape index (κ2) is 20.4. The molecule has 2 aliphatic heterocycles. The maximum Gasteiger partial charge on any atom is 0.155 e. The molecule has 0 saturated carbocycles. The highest BCUT2D eigenvalue weighted by atomic mass is 79.9. The van der Waals surface area contributed by atoms with Crippen molar-refractivity contribution in [1.29, 1.82) is 0 Å². The van der Waals surface area contributed by atoms with Gasteiger partial charge in [0.1, 0.15) is 23.7 Å². The molecule has 2 heterocycles. The smallest absolute Gasteiger partial charge is 0.155 e. The van der Waals surface area contributed by atoms with Gasteiger partial charge >= 0.3 is 0 Å². The zero-order valence-corrected chi connectivity index (χ0v) is 33.3. The minimum absolute atomic E-state index is 0.406. The Bertz CT molecular complexity index is 1300. The first kappa shape index (κ1) is 39.3. The maximum absolute atomic E-state index is 12.7. The van der Waals surface area contributed by atoms with Crippen molar-refractivity contribution in [1.82, 2.24) is 0 Å². The summed E-state index contributed by atoms with van der Waals surface area (Å²) in [5.74, 6) is 1.33. The quantitative estimate of drug-likeness (QED) is 0.0699. The van der Waals surface area contributed by atoms with Crippen LogP contribution in [0.2, 0.25) is 0 Å². The standard InChI is InChI=1S/C44H60Br2O4/c45-31-23-13-9-5-1-3-7-11-21-29-41-43(47,35-25-17-15-18-26-35)37-33-38-40(34-39(37)49-41)50-42(44(38,48)36-27-19-16-20-28-36)30-22-12-8-4-2-6-10-14-24-32-46/h15-20,25-28,33-34,41-42,47-48H,1-14,21-24,29-32H2. The Kier molecular flexibility index (Phi) is 16.1. The number of rotatable bonds is 24. The third-order valence-corrected chi connectivity index (χ3v) is 12.1. The van der Waals surface area contributed by atoms with Crippen molar-refractivity contribution >= 4 is 31.9 Å². The second-order valence-electron chi connectivity index (χ2n) is 14.6. The van der Waals surface area contributed by atoms with Crippen molar-refractivity contribution < 1.29 is 19.7 Å². The molecule has 0 aromatic heterocycles. The molecule has 0 bridgehead atoms. The number of hydrogen-bond acceptors (Lipinski definition) is 4. The van der Waals surface area contributed by atoms with Crippen LogP contribution in [0.15, 0.2) is 72.8 Å². The van der Waals surface area contributed by atoms with E-state index < -0.39 is 23.4 Å². The largest absolute Gasteiger partial charge is 0.486 e. The van der Waals surface area contributed by atoms with Crippen LogP contribution < -0.4 is 9.47 Å². The van der Waals surface area contributed by atoms with Crippen molar-refractivity contribution in [3.63, 3.8) is 0 Å². The summed E-state index contributed by atoms with van der Waals surface area (Å²) in [5, 5.41) is 27.6. The lowest BCUT2D eigenvalue weighted by Gasteiger charge is -2.32. The van der Waals surface area contributed by atoms with Gasteiger partial charge in [0.25, 0.3) is 0 Å². The van der Waals surface area contributed by atoms with Crippen LogP contribution in [0.3, 0.4) is 0 Å². The van der Waals surface area contributed by atoms with E-state index in [4.69, 9.17) is 9.47 Å². The molecule has 0 fully saturated rings. The SMILES string of the molecule is OC1(c2ccccc2)c2cc3c(cc2OC1CCCCCCCCCCCBr)OC(CCCCCCCCCCCBr)C3(O)c1ccccc1. The van der Waals surface area contributed by atoms with Crippen molar-refractivity contribution in [2.24, 2.45) is 0 Å². The van der Waals surface area contributed by atoms with E-state index in [0.29, 0.717) is 11.5 Å². The lowest BCUT2D eigenvalue weighted by molar-refractivity contribution is -0.0154. The van der Waals surface area contributed by atoms with E-state index in [1.807, 2.05) is 72.8 Å². The van der Waals surface area contributed by atoms with Crippen LogP contribution in [0, 0.1) is 0 Å². The predicted octanol–water partition coefficient (Wildman–Crippen LogP) is 12.3. The second-order valence-corrected chi connectivity index (χ2v) is 16.2. The van der Waals surface area contributed by atoms with Gasteiger partial charge < -0.3 is 19.7 Å². The van der Waals surface area contributed by atoms with E-state index >= 15 is 0 Å². The van der Waals surface area contributed by atoms with Crippen LogP contribution in [-0.4, -0.2) is 33.1 Å². The Morgan fingerprint density at radius 3 is 1.10 bits per heavy atom. The third kappa shape index (κ3) is 9.76. The van der Waals surface area contributed by atoms with Gasteiger partial charge in [-0.2, -0.15) is 0 Å². The molecule has 6 heteroatoms. The number of ether oxygens (including phenoxy) is 2. The summed E-state index contributed by atoms with van der Waals surface area (Å²) in [6.45, 7) is 0. The first-order valence-electron chi connectivity index (χ1n) is 19.7. The molecule has 4 unspecified atom stereocenters. The van der Waals surface area contributed by atoms with E-state index in [2.05, 4.69) is 31.9 Å². The van der Waals surface area contributed by atoms with Gasteiger partial charge in [-0.3, -0.25) is 0 Å². The summed E-state index contributed by atoms with van der Waals surface area (Å²) in [7, 11) is 0. The fourth-order valence-electron chi connectivity index (χ4n) is 8.10. The van der Waals surface area contributed by atoms with Crippen molar-refractivity contribution in [3.05, 3.63) is 95.1 Å². The fourth-order valence-corrected chi connectivity index (χ4v) is 8.90. The van der Waals surface area contributed by atoms with Crippen molar-refractivity contribution in [2.75, 3.05) is 10.7 Å². The molecule has 4 nitrogen and oxygen atoms in total. The van der Waals surface area contributed by atoms with Crippen LogP contribution >= 0.6 is 31.9 Å². The maximum atomic E-state index is 12.7. The summed E-state index contributed by atoms with van der Waals surface area (Å²) >= 11 is 7.05. The zero-order chi connectivity index (χ0) is 35.1. The van der Waals surface area contributed by atoms with Gasteiger partial charge in [0, 0.05) is 27.9 Å². The first-order valence-corrected chi connectivity index (χ1v) is 22.0. The highest BCUT2D eigenvalue weighted by Crippen LogP contribution is 2.55. The van der Waals surface area contributed by atoms with Gasteiger partial charge in [-0.05, 0) is 55.7 Å². The molecular formula is C44H60Br2O4. The number of unbranched alkanes of at least 4 members (excludes halogenated alkanes) is 16. The Hall–Kier alpha value is -1.86. The Labute approximate surface area is 319 Å². The van der Waals surface area contributed by atoms with Gasteiger partial charge in [0.2, 0.25) is 0 Å². The summed E-state index contributed by atoms with van der Waals surface area (Å²) in [4.78, 5) is 0. The van der Waals surface area contributed by atoms with Gasteiger partial charge in [-0.1, -0.05) is 182 Å². The summed E-state index contributed by atoms with van der Waals surface area (Å²) in [5.41, 5.74) is 0.481. The number of benzene rings is 3. The van der Waals surface area contributed by atoms with Crippen LogP contribution in [0.25, 0.3) is 0 Å². The summed E-state index contributed by atoms with van der Waals surface area (Å²) < 4.78 is 13.3. The number of aliphatic hydroxyl groups is 2. The van der Waals surface area contributed by atoms with E-state index in [9.17, 15) is 10.2 Å².